The van der Waals surface area contributed by atoms with Crippen molar-refractivity contribution in [2.24, 2.45) is 10.9 Å². The highest BCUT2D eigenvalue weighted by molar-refractivity contribution is 5.85. The van der Waals surface area contributed by atoms with Crippen LogP contribution in [0.2, 0.25) is 0 Å². The molecule has 4 N–H and O–H groups in total. The molecule has 0 aliphatic carbocycles. The summed E-state index contributed by atoms with van der Waals surface area (Å²) in [7, 11) is 0. The van der Waals surface area contributed by atoms with E-state index in [2.05, 4.69) is 10.5 Å². The fraction of sp³-hybridized carbons (Fsp3) is 0.417. The maximum atomic E-state index is 12.8. The molecular formula is C12H18FN3O. The van der Waals surface area contributed by atoms with E-state index in [4.69, 9.17) is 10.9 Å². The lowest BCUT2D eigenvalue weighted by Crippen LogP contribution is -2.42. The molecule has 0 saturated carbocycles. The number of benzene rings is 1. The molecule has 94 valence electrons. The van der Waals surface area contributed by atoms with Gasteiger partial charge in [0.1, 0.15) is 5.82 Å². The van der Waals surface area contributed by atoms with Crippen LogP contribution in [-0.2, 0) is 0 Å². The molecule has 0 saturated heterocycles. The number of hydrogen-bond acceptors (Lipinski definition) is 3. The van der Waals surface area contributed by atoms with Crippen molar-refractivity contribution >= 4 is 5.84 Å². The summed E-state index contributed by atoms with van der Waals surface area (Å²) in [5.41, 5.74) is 6.51. The van der Waals surface area contributed by atoms with Crippen molar-refractivity contribution in [2.45, 2.75) is 32.4 Å². The van der Waals surface area contributed by atoms with Crippen molar-refractivity contribution < 1.29 is 9.60 Å². The summed E-state index contributed by atoms with van der Waals surface area (Å²) in [6, 6.07) is 6.06. The van der Waals surface area contributed by atoms with Crippen LogP contribution in [0, 0.1) is 5.82 Å². The number of oxime groups is 1. The van der Waals surface area contributed by atoms with E-state index in [-0.39, 0.29) is 23.7 Å². The highest BCUT2D eigenvalue weighted by Gasteiger charge is 2.15. The van der Waals surface area contributed by atoms with Gasteiger partial charge in [-0.1, -0.05) is 24.2 Å². The Morgan fingerprint density at radius 3 is 2.53 bits per heavy atom. The van der Waals surface area contributed by atoms with Crippen molar-refractivity contribution in [1.82, 2.24) is 5.32 Å². The third kappa shape index (κ3) is 3.71. The van der Waals surface area contributed by atoms with Crippen LogP contribution in [-0.4, -0.2) is 17.1 Å². The molecule has 2 atom stereocenters. The van der Waals surface area contributed by atoms with Crippen molar-refractivity contribution in [1.29, 1.82) is 0 Å². The fourth-order valence-corrected chi connectivity index (χ4v) is 1.63. The van der Waals surface area contributed by atoms with Crippen LogP contribution in [0.15, 0.2) is 29.4 Å². The Balaban J connectivity index is 2.70. The smallest absolute Gasteiger partial charge is 0.156 e. The van der Waals surface area contributed by atoms with Crippen LogP contribution in [0.5, 0.6) is 0 Å². The molecule has 0 amide bonds. The Morgan fingerprint density at radius 1 is 1.47 bits per heavy atom. The second-order valence-corrected chi connectivity index (χ2v) is 3.93. The Labute approximate surface area is 100 Å². The molecule has 0 spiro atoms. The molecule has 1 rings (SSSR count). The Morgan fingerprint density at radius 2 is 2.06 bits per heavy atom. The first-order valence-corrected chi connectivity index (χ1v) is 5.57. The molecule has 0 aliphatic heterocycles. The largest absolute Gasteiger partial charge is 0.409 e. The zero-order valence-corrected chi connectivity index (χ0v) is 10.0. The molecule has 0 aromatic heterocycles. The van der Waals surface area contributed by atoms with Crippen LogP contribution in [0.4, 0.5) is 4.39 Å². The van der Waals surface area contributed by atoms with E-state index in [0.29, 0.717) is 6.42 Å². The molecule has 5 heteroatoms. The van der Waals surface area contributed by atoms with Gasteiger partial charge in [0.15, 0.2) is 5.84 Å². The Bertz CT molecular complexity index is 378. The normalized spacial score (nSPS) is 15.6. The second-order valence-electron chi connectivity index (χ2n) is 3.93. The van der Waals surface area contributed by atoms with Gasteiger partial charge in [0.2, 0.25) is 0 Å². The molecule has 17 heavy (non-hydrogen) atoms. The van der Waals surface area contributed by atoms with Crippen LogP contribution < -0.4 is 11.1 Å². The topological polar surface area (TPSA) is 70.6 Å². The van der Waals surface area contributed by atoms with E-state index in [1.54, 1.807) is 12.1 Å². The molecule has 0 aliphatic rings. The summed E-state index contributed by atoms with van der Waals surface area (Å²) in [6.45, 7) is 3.88. The molecule has 0 heterocycles. The average molecular weight is 239 g/mol. The van der Waals surface area contributed by atoms with E-state index in [1.807, 2.05) is 13.8 Å². The standard InChI is InChI=1S/C12H18FN3O/c1-3-11(12(14)16-17)15-8(2)9-4-6-10(13)7-5-9/h4-8,11,15,17H,3H2,1-2H3,(H2,14,16)/t8-,11?/m0/s1. The van der Waals surface area contributed by atoms with Crippen molar-refractivity contribution in [2.75, 3.05) is 0 Å². The van der Waals surface area contributed by atoms with Gasteiger partial charge in [0.25, 0.3) is 0 Å². The minimum atomic E-state index is -0.260. The van der Waals surface area contributed by atoms with Gasteiger partial charge >= 0.3 is 0 Å². The van der Waals surface area contributed by atoms with Crippen molar-refractivity contribution in [3.8, 4) is 0 Å². The van der Waals surface area contributed by atoms with E-state index in [0.717, 1.165) is 5.56 Å². The zero-order valence-electron chi connectivity index (χ0n) is 10.0. The van der Waals surface area contributed by atoms with Gasteiger partial charge in [-0.15, -0.1) is 0 Å². The predicted molar refractivity (Wildman–Crippen MR) is 65.4 cm³/mol. The van der Waals surface area contributed by atoms with Gasteiger partial charge < -0.3 is 16.3 Å². The van der Waals surface area contributed by atoms with E-state index in [1.165, 1.54) is 12.1 Å². The molecule has 0 bridgehead atoms. The number of nitrogens with one attached hydrogen (secondary N) is 1. The van der Waals surface area contributed by atoms with Crippen molar-refractivity contribution in [3.05, 3.63) is 35.6 Å². The second kappa shape index (κ2) is 6.20. The first kappa shape index (κ1) is 13.4. The molecule has 0 radical (unpaired) electrons. The van der Waals surface area contributed by atoms with Gasteiger partial charge in [-0.3, -0.25) is 0 Å². The lowest BCUT2D eigenvalue weighted by Gasteiger charge is -2.21. The lowest BCUT2D eigenvalue weighted by molar-refractivity contribution is 0.313. The number of hydrogen-bond donors (Lipinski definition) is 3. The van der Waals surface area contributed by atoms with Crippen LogP contribution in [0.1, 0.15) is 31.9 Å². The maximum Gasteiger partial charge on any atom is 0.156 e. The summed E-state index contributed by atoms with van der Waals surface area (Å²) in [5, 5.41) is 14.8. The summed E-state index contributed by atoms with van der Waals surface area (Å²) in [6.07, 6.45) is 0.710. The third-order valence-electron chi connectivity index (χ3n) is 2.70. The number of nitrogens with two attached hydrogens (primary N) is 1. The van der Waals surface area contributed by atoms with Crippen LogP contribution >= 0.6 is 0 Å². The minimum Gasteiger partial charge on any atom is -0.409 e. The molecule has 1 aromatic rings. The fourth-order valence-electron chi connectivity index (χ4n) is 1.63. The van der Waals surface area contributed by atoms with Gasteiger partial charge in [-0.05, 0) is 31.0 Å². The average Bonchev–Trinajstić information content (AvgIpc) is 2.35. The highest BCUT2D eigenvalue weighted by atomic mass is 19.1. The maximum absolute atomic E-state index is 12.8. The number of rotatable bonds is 5. The first-order valence-electron chi connectivity index (χ1n) is 5.57. The van der Waals surface area contributed by atoms with E-state index < -0.39 is 0 Å². The summed E-state index contributed by atoms with van der Waals surface area (Å²) in [4.78, 5) is 0. The number of nitrogens with zero attached hydrogens (tertiary/aromatic N) is 1. The molecule has 1 unspecified atom stereocenters. The van der Waals surface area contributed by atoms with E-state index >= 15 is 0 Å². The first-order chi connectivity index (χ1) is 8.08. The third-order valence-corrected chi connectivity index (χ3v) is 2.70. The molecule has 4 nitrogen and oxygen atoms in total. The Kier molecular flexibility index (Phi) is 4.90. The lowest BCUT2D eigenvalue weighted by atomic mass is 10.1. The SMILES string of the molecule is CCC(N[C@@H](C)c1ccc(F)cc1)/C(N)=N/O. The van der Waals surface area contributed by atoms with Gasteiger partial charge in [0, 0.05) is 6.04 Å². The summed E-state index contributed by atoms with van der Waals surface area (Å²) < 4.78 is 12.8. The highest BCUT2D eigenvalue weighted by Crippen LogP contribution is 2.14. The summed E-state index contributed by atoms with van der Waals surface area (Å²) in [5.74, 6) is -0.106. The summed E-state index contributed by atoms with van der Waals surface area (Å²) >= 11 is 0. The van der Waals surface area contributed by atoms with Crippen LogP contribution in [0.25, 0.3) is 0 Å². The monoisotopic (exact) mass is 239 g/mol. The minimum absolute atomic E-state index is 0.000787. The van der Waals surface area contributed by atoms with E-state index in [9.17, 15) is 4.39 Å². The number of amidine groups is 1. The predicted octanol–water partition coefficient (Wildman–Crippen LogP) is 2.00. The van der Waals surface area contributed by atoms with Crippen LogP contribution in [0.3, 0.4) is 0 Å². The molecule has 1 aromatic carbocycles. The van der Waals surface area contributed by atoms with Gasteiger partial charge in [0.05, 0.1) is 6.04 Å². The zero-order chi connectivity index (χ0) is 12.8. The molecular weight excluding hydrogens is 221 g/mol. The quantitative estimate of drug-likeness (QED) is 0.318. The van der Waals surface area contributed by atoms with Crippen molar-refractivity contribution in [3.63, 3.8) is 0 Å². The van der Waals surface area contributed by atoms with Gasteiger partial charge in [-0.25, -0.2) is 4.39 Å². The molecule has 0 fully saturated rings. The Hall–Kier alpha value is -1.62. The van der Waals surface area contributed by atoms with Gasteiger partial charge in [-0.2, -0.15) is 0 Å². The number of halogens is 1.